The summed E-state index contributed by atoms with van der Waals surface area (Å²) in [6, 6.07) is 1.78. The number of hydrazine groups is 1. The maximum atomic E-state index is 12.0. The van der Waals surface area contributed by atoms with E-state index < -0.39 is 0 Å². The van der Waals surface area contributed by atoms with Gasteiger partial charge in [-0.15, -0.1) is 0 Å². The largest absolute Gasteiger partial charge is 0.361 e. The summed E-state index contributed by atoms with van der Waals surface area (Å²) in [5.41, 5.74) is 3.19. The molecule has 0 spiro atoms. The zero-order valence-electron chi connectivity index (χ0n) is 11.1. The van der Waals surface area contributed by atoms with Crippen molar-refractivity contribution in [2.24, 2.45) is 5.84 Å². The molecule has 1 amide bonds. The summed E-state index contributed by atoms with van der Waals surface area (Å²) in [5, 5.41) is 3.02. The molecule has 1 fully saturated rings. The Morgan fingerprint density at radius 2 is 2.11 bits per heavy atom. The molecular weight excluding hydrogens is 244 g/mol. The van der Waals surface area contributed by atoms with Crippen LogP contribution in [0.1, 0.15) is 25.0 Å². The Labute approximate surface area is 112 Å². The Hall–Kier alpha value is -1.89. The average Bonchev–Trinajstić information content (AvgIpc) is 2.45. The molecule has 1 aliphatic heterocycles. The third-order valence-corrected chi connectivity index (χ3v) is 3.11. The molecule has 4 N–H and O–H groups in total. The number of piperidine rings is 1. The summed E-state index contributed by atoms with van der Waals surface area (Å²) >= 11 is 0. The maximum Gasteiger partial charge on any atom is 0.241 e. The quantitative estimate of drug-likeness (QED) is 0.541. The van der Waals surface area contributed by atoms with Gasteiger partial charge in [0.15, 0.2) is 0 Å². The summed E-state index contributed by atoms with van der Waals surface area (Å²) < 4.78 is 0. The molecule has 0 unspecified atom stereocenters. The van der Waals surface area contributed by atoms with Crippen molar-refractivity contribution in [2.75, 3.05) is 30.4 Å². The fourth-order valence-corrected chi connectivity index (χ4v) is 2.14. The lowest BCUT2D eigenvalue weighted by molar-refractivity contribution is -0.130. The van der Waals surface area contributed by atoms with Gasteiger partial charge in [-0.05, 0) is 26.2 Å². The Balaban J connectivity index is 1.90. The molecule has 0 atom stereocenters. The van der Waals surface area contributed by atoms with Crippen LogP contribution in [0.25, 0.3) is 0 Å². The molecule has 19 heavy (non-hydrogen) atoms. The van der Waals surface area contributed by atoms with E-state index in [1.165, 1.54) is 6.42 Å². The van der Waals surface area contributed by atoms with Gasteiger partial charge in [0.05, 0.1) is 6.54 Å². The Kier molecular flexibility index (Phi) is 4.51. The molecule has 1 aromatic heterocycles. The van der Waals surface area contributed by atoms with Crippen molar-refractivity contribution in [1.29, 1.82) is 0 Å². The minimum Gasteiger partial charge on any atom is -0.361 e. The minimum atomic E-state index is 0.109. The van der Waals surface area contributed by atoms with E-state index in [1.54, 1.807) is 6.07 Å². The van der Waals surface area contributed by atoms with Crippen LogP contribution in [0.15, 0.2) is 6.07 Å². The highest BCUT2D eigenvalue weighted by molar-refractivity contribution is 5.80. The van der Waals surface area contributed by atoms with Crippen LogP contribution in [0.5, 0.6) is 0 Å². The molecule has 7 nitrogen and oxygen atoms in total. The molecule has 104 valence electrons. The van der Waals surface area contributed by atoms with Gasteiger partial charge in [0.25, 0.3) is 0 Å². The molecule has 1 aliphatic rings. The van der Waals surface area contributed by atoms with Crippen LogP contribution in [0.4, 0.5) is 11.8 Å². The molecule has 0 saturated carbocycles. The Bertz CT molecular complexity index is 444. The second-order valence-electron chi connectivity index (χ2n) is 4.66. The Morgan fingerprint density at radius 3 is 2.79 bits per heavy atom. The van der Waals surface area contributed by atoms with Gasteiger partial charge < -0.3 is 10.2 Å². The number of amides is 1. The molecule has 1 aromatic rings. The van der Waals surface area contributed by atoms with Crippen LogP contribution < -0.4 is 16.6 Å². The van der Waals surface area contributed by atoms with E-state index in [0.717, 1.165) is 31.6 Å². The van der Waals surface area contributed by atoms with Crippen LogP contribution in [0.2, 0.25) is 0 Å². The number of rotatable bonds is 4. The first-order chi connectivity index (χ1) is 9.19. The van der Waals surface area contributed by atoms with E-state index in [0.29, 0.717) is 11.8 Å². The smallest absolute Gasteiger partial charge is 0.241 e. The number of nitrogens with two attached hydrogens (primary N) is 1. The second-order valence-corrected chi connectivity index (χ2v) is 4.66. The molecular formula is C12H20N6O. The van der Waals surface area contributed by atoms with Crippen LogP contribution in [0.3, 0.4) is 0 Å². The van der Waals surface area contributed by atoms with Crippen molar-refractivity contribution in [3.8, 4) is 0 Å². The van der Waals surface area contributed by atoms with E-state index in [4.69, 9.17) is 5.84 Å². The highest BCUT2D eigenvalue weighted by Gasteiger charge is 2.16. The third-order valence-electron chi connectivity index (χ3n) is 3.11. The molecule has 2 heterocycles. The number of carbonyl (C=O) groups is 1. The van der Waals surface area contributed by atoms with Gasteiger partial charge in [-0.25, -0.2) is 10.8 Å². The first-order valence-corrected chi connectivity index (χ1v) is 6.53. The standard InChI is InChI=1S/C12H20N6O/c1-9-7-10(16-12(15-9)17-13)14-8-11(19)18-5-3-2-4-6-18/h7H,2-6,8,13H2,1H3,(H2,14,15,16,17). The predicted octanol–water partition coefficient (Wildman–Crippen LogP) is 0.495. The summed E-state index contributed by atoms with van der Waals surface area (Å²) in [6.07, 6.45) is 3.41. The number of likely N-dealkylation sites (tertiary alicyclic amines) is 1. The van der Waals surface area contributed by atoms with E-state index in [9.17, 15) is 4.79 Å². The highest BCUT2D eigenvalue weighted by Crippen LogP contribution is 2.11. The molecule has 0 radical (unpaired) electrons. The summed E-state index contributed by atoms with van der Waals surface area (Å²) in [5.74, 6) is 6.34. The van der Waals surface area contributed by atoms with Crippen molar-refractivity contribution in [1.82, 2.24) is 14.9 Å². The predicted molar refractivity (Wildman–Crippen MR) is 73.5 cm³/mol. The number of aryl methyl sites for hydroxylation is 1. The fourth-order valence-electron chi connectivity index (χ4n) is 2.14. The molecule has 2 rings (SSSR count). The zero-order chi connectivity index (χ0) is 13.7. The number of nitrogens with one attached hydrogen (secondary N) is 2. The molecule has 7 heteroatoms. The van der Waals surface area contributed by atoms with Gasteiger partial charge in [-0.2, -0.15) is 4.98 Å². The van der Waals surface area contributed by atoms with Crippen LogP contribution >= 0.6 is 0 Å². The van der Waals surface area contributed by atoms with Gasteiger partial charge in [-0.3, -0.25) is 10.2 Å². The van der Waals surface area contributed by atoms with Crippen molar-refractivity contribution in [3.63, 3.8) is 0 Å². The third kappa shape index (κ3) is 3.78. The number of aromatic nitrogens is 2. The zero-order valence-corrected chi connectivity index (χ0v) is 11.1. The van der Waals surface area contributed by atoms with Crippen molar-refractivity contribution < 1.29 is 4.79 Å². The van der Waals surface area contributed by atoms with Gasteiger partial charge in [-0.1, -0.05) is 0 Å². The fraction of sp³-hybridized carbons (Fsp3) is 0.583. The molecule has 1 saturated heterocycles. The number of nitrogens with zero attached hydrogens (tertiary/aromatic N) is 3. The molecule has 0 bridgehead atoms. The Morgan fingerprint density at radius 1 is 1.37 bits per heavy atom. The highest BCUT2D eigenvalue weighted by atomic mass is 16.2. The minimum absolute atomic E-state index is 0.109. The number of hydrogen-bond acceptors (Lipinski definition) is 6. The van der Waals surface area contributed by atoms with E-state index >= 15 is 0 Å². The first-order valence-electron chi connectivity index (χ1n) is 6.53. The first kappa shape index (κ1) is 13.5. The number of anilines is 2. The maximum absolute atomic E-state index is 12.0. The van der Waals surface area contributed by atoms with Crippen molar-refractivity contribution in [3.05, 3.63) is 11.8 Å². The number of nitrogen functional groups attached to an aromatic ring is 1. The SMILES string of the molecule is Cc1cc(NCC(=O)N2CCCCC2)nc(NN)n1. The lowest BCUT2D eigenvalue weighted by Gasteiger charge is -2.26. The van der Waals surface area contributed by atoms with Crippen LogP contribution in [-0.2, 0) is 4.79 Å². The van der Waals surface area contributed by atoms with Crippen molar-refractivity contribution in [2.45, 2.75) is 26.2 Å². The van der Waals surface area contributed by atoms with Crippen molar-refractivity contribution >= 4 is 17.7 Å². The monoisotopic (exact) mass is 264 g/mol. The average molecular weight is 264 g/mol. The summed E-state index contributed by atoms with van der Waals surface area (Å²) in [6.45, 7) is 3.82. The van der Waals surface area contributed by atoms with Gasteiger partial charge in [0.1, 0.15) is 5.82 Å². The molecule has 0 aromatic carbocycles. The van der Waals surface area contributed by atoms with E-state index in [2.05, 4.69) is 20.7 Å². The van der Waals surface area contributed by atoms with Gasteiger partial charge in [0.2, 0.25) is 11.9 Å². The summed E-state index contributed by atoms with van der Waals surface area (Å²) in [4.78, 5) is 22.1. The van der Waals surface area contributed by atoms with Gasteiger partial charge >= 0.3 is 0 Å². The number of hydrogen-bond donors (Lipinski definition) is 3. The van der Waals surface area contributed by atoms with E-state index in [-0.39, 0.29) is 12.5 Å². The lowest BCUT2D eigenvalue weighted by Crippen LogP contribution is -2.39. The van der Waals surface area contributed by atoms with Crippen LogP contribution in [0, 0.1) is 6.92 Å². The van der Waals surface area contributed by atoms with Gasteiger partial charge in [0, 0.05) is 24.8 Å². The van der Waals surface area contributed by atoms with Crippen LogP contribution in [-0.4, -0.2) is 40.4 Å². The topological polar surface area (TPSA) is 96.2 Å². The second kappa shape index (κ2) is 6.33. The summed E-state index contributed by atoms with van der Waals surface area (Å²) in [7, 11) is 0. The van der Waals surface area contributed by atoms with E-state index in [1.807, 2.05) is 11.8 Å². The number of carbonyl (C=O) groups excluding carboxylic acids is 1. The molecule has 0 aliphatic carbocycles. The normalized spacial score (nSPS) is 15.2. The lowest BCUT2D eigenvalue weighted by atomic mass is 10.1.